The molecule has 1 atom stereocenters. The lowest BCUT2D eigenvalue weighted by molar-refractivity contribution is 0.0986. The third-order valence-corrected chi connectivity index (χ3v) is 8.57. The van der Waals surface area contributed by atoms with Gasteiger partial charge in [-0.2, -0.15) is 0 Å². The van der Waals surface area contributed by atoms with Crippen LogP contribution in [0.5, 0.6) is 11.5 Å². The molecule has 0 saturated heterocycles. The van der Waals surface area contributed by atoms with Crippen molar-refractivity contribution in [3.63, 3.8) is 0 Å². The van der Waals surface area contributed by atoms with E-state index < -0.39 is 6.09 Å². The monoisotopic (exact) mass is 587 g/mol. The Hall–Kier alpha value is -5.11. The molecule has 0 fully saturated rings. The molecule has 1 N–H and O–H groups in total. The number of carbonyl (C=O) groups is 2. The van der Waals surface area contributed by atoms with E-state index in [9.17, 15) is 9.59 Å². The van der Waals surface area contributed by atoms with Gasteiger partial charge < -0.3 is 19.5 Å². The molecule has 4 aromatic carbocycles. The average Bonchev–Trinajstić information content (AvgIpc) is 3.55. The number of benzene rings is 4. The normalized spacial score (nSPS) is 15.9. The van der Waals surface area contributed by atoms with Crippen molar-refractivity contribution in [1.29, 1.82) is 0 Å². The summed E-state index contributed by atoms with van der Waals surface area (Å²) >= 11 is 0. The molecule has 2 amide bonds. The summed E-state index contributed by atoms with van der Waals surface area (Å²) in [6.07, 6.45) is 3.58. The number of rotatable bonds is 9. The largest absolute Gasteiger partial charge is 0.493 e. The summed E-state index contributed by atoms with van der Waals surface area (Å²) in [6, 6.07) is 27.9. The summed E-state index contributed by atoms with van der Waals surface area (Å²) in [5.74, 6) is 0.944. The second kappa shape index (κ2) is 11.9. The molecule has 7 rings (SSSR count). The number of unbranched alkanes of at least 4 members (excludes halogenated alkanes) is 1. The highest BCUT2D eigenvalue weighted by molar-refractivity contribution is 6.14. The van der Waals surface area contributed by atoms with E-state index in [1.807, 2.05) is 53.6 Å². The number of nitrogens with zero attached hydrogens (tertiary/aromatic N) is 2. The Kier molecular flexibility index (Phi) is 7.48. The highest BCUT2D eigenvalue weighted by Crippen LogP contribution is 2.44. The Labute approximate surface area is 256 Å². The van der Waals surface area contributed by atoms with Crippen molar-refractivity contribution in [3.8, 4) is 22.6 Å². The molecule has 8 nitrogen and oxygen atoms in total. The molecule has 3 aliphatic rings. The number of fused-ring (bicyclic) bond motifs is 7. The Morgan fingerprint density at radius 3 is 2.41 bits per heavy atom. The van der Waals surface area contributed by atoms with E-state index in [-0.39, 0.29) is 24.5 Å². The molecule has 2 aliphatic heterocycles. The maximum atomic E-state index is 13.6. The van der Waals surface area contributed by atoms with Gasteiger partial charge in [0.25, 0.3) is 5.91 Å². The number of ether oxygens (including phenoxy) is 3. The number of anilines is 1. The molecule has 0 radical (unpaired) electrons. The highest BCUT2D eigenvalue weighted by atomic mass is 16.5. The van der Waals surface area contributed by atoms with Gasteiger partial charge in [-0.05, 0) is 52.8 Å². The standard InChI is InChI=1S/C36H33N3O5/c1-42-33-19-29-31(38-21-24-18-23-10-2-7-15-32(23)39(24)35(29)40)20-34(33)43-17-9-8-16-37-36(41)44-22-30-27-13-5-3-11-25(27)26-12-4-6-14-28(26)30/h2-7,10-15,19-21,24,30H,8-9,16-18,22H2,1H3,(H,37,41)/t24-/m0/s1. The third kappa shape index (κ3) is 5.06. The first-order valence-corrected chi connectivity index (χ1v) is 15.0. The van der Waals surface area contributed by atoms with Gasteiger partial charge >= 0.3 is 6.09 Å². The summed E-state index contributed by atoms with van der Waals surface area (Å²) in [7, 11) is 1.56. The van der Waals surface area contributed by atoms with E-state index in [1.54, 1.807) is 19.2 Å². The van der Waals surface area contributed by atoms with Crippen LogP contribution in [0.25, 0.3) is 11.1 Å². The molecule has 222 valence electrons. The molecular weight excluding hydrogens is 554 g/mol. The zero-order valence-electron chi connectivity index (χ0n) is 24.5. The molecule has 0 unspecified atom stereocenters. The number of para-hydroxylation sites is 1. The van der Waals surface area contributed by atoms with Crippen molar-refractivity contribution < 1.29 is 23.8 Å². The van der Waals surface area contributed by atoms with Crippen LogP contribution in [0.4, 0.5) is 16.2 Å². The second-order valence-electron chi connectivity index (χ2n) is 11.2. The molecule has 8 heteroatoms. The fourth-order valence-electron chi connectivity index (χ4n) is 6.44. The number of hydrogen-bond donors (Lipinski definition) is 1. The van der Waals surface area contributed by atoms with Crippen LogP contribution in [-0.2, 0) is 11.2 Å². The zero-order valence-corrected chi connectivity index (χ0v) is 24.5. The first-order chi connectivity index (χ1) is 21.6. The van der Waals surface area contributed by atoms with Gasteiger partial charge in [-0.1, -0.05) is 66.7 Å². The van der Waals surface area contributed by atoms with E-state index in [1.165, 1.54) is 22.3 Å². The van der Waals surface area contributed by atoms with Gasteiger partial charge in [-0.25, -0.2) is 4.79 Å². The van der Waals surface area contributed by atoms with E-state index >= 15 is 0 Å². The fraction of sp³-hybridized carbons (Fsp3) is 0.250. The smallest absolute Gasteiger partial charge is 0.407 e. The number of aliphatic imine (C=N–C) groups is 1. The SMILES string of the molecule is COc1cc2c(cc1OCCCCNC(=O)OCC1c3ccccc3-c3ccccc31)N=C[C@@H]1Cc3ccccc3N1C2=O. The summed E-state index contributed by atoms with van der Waals surface area (Å²) < 4.78 is 17.2. The summed E-state index contributed by atoms with van der Waals surface area (Å²) in [6.45, 7) is 1.18. The van der Waals surface area contributed by atoms with Gasteiger partial charge in [0.2, 0.25) is 0 Å². The molecule has 0 saturated carbocycles. The van der Waals surface area contributed by atoms with Crippen molar-refractivity contribution in [2.75, 3.05) is 31.8 Å². The van der Waals surface area contributed by atoms with E-state index in [4.69, 9.17) is 14.2 Å². The fourth-order valence-corrected chi connectivity index (χ4v) is 6.44. The van der Waals surface area contributed by atoms with Crippen molar-refractivity contribution in [3.05, 3.63) is 107 Å². The van der Waals surface area contributed by atoms with Crippen LogP contribution in [0.15, 0.2) is 89.9 Å². The summed E-state index contributed by atoms with van der Waals surface area (Å²) in [5.41, 5.74) is 7.89. The van der Waals surface area contributed by atoms with Crippen LogP contribution in [0.2, 0.25) is 0 Å². The third-order valence-electron chi connectivity index (χ3n) is 8.57. The number of alkyl carbamates (subject to hydrolysis) is 1. The Morgan fingerprint density at radius 2 is 1.64 bits per heavy atom. The molecule has 0 bridgehead atoms. The average molecular weight is 588 g/mol. The van der Waals surface area contributed by atoms with Gasteiger partial charge in [0, 0.05) is 36.9 Å². The zero-order chi connectivity index (χ0) is 30.0. The molecule has 44 heavy (non-hydrogen) atoms. The van der Waals surface area contributed by atoms with Crippen molar-refractivity contribution >= 4 is 29.6 Å². The van der Waals surface area contributed by atoms with E-state index in [2.05, 4.69) is 40.6 Å². The Morgan fingerprint density at radius 1 is 0.909 bits per heavy atom. The van der Waals surface area contributed by atoms with Gasteiger partial charge in [0.05, 0.1) is 31.0 Å². The van der Waals surface area contributed by atoms with Gasteiger partial charge in [-0.3, -0.25) is 14.7 Å². The first kappa shape index (κ1) is 27.7. The maximum absolute atomic E-state index is 13.6. The highest BCUT2D eigenvalue weighted by Gasteiger charge is 2.36. The summed E-state index contributed by atoms with van der Waals surface area (Å²) in [5, 5.41) is 2.85. The summed E-state index contributed by atoms with van der Waals surface area (Å²) in [4.78, 5) is 32.5. The molecule has 4 aromatic rings. The number of methoxy groups -OCH3 is 1. The lowest BCUT2D eigenvalue weighted by Crippen LogP contribution is -2.37. The van der Waals surface area contributed by atoms with Crippen molar-refractivity contribution in [2.24, 2.45) is 4.99 Å². The lowest BCUT2D eigenvalue weighted by atomic mass is 9.98. The molecule has 0 spiro atoms. The molecule has 1 aliphatic carbocycles. The number of nitrogens with one attached hydrogen (secondary N) is 1. The van der Waals surface area contributed by atoms with Crippen LogP contribution in [-0.4, -0.2) is 51.1 Å². The number of hydrogen-bond acceptors (Lipinski definition) is 6. The number of carbonyl (C=O) groups excluding carboxylic acids is 2. The predicted molar refractivity (Wildman–Crippen MR) is 170 cm³/mol. The molecule has 0 aromatic heterocycles. The van der Waals surface area contributed by atoms with Crippen molar-refractivity contribution in [1.82, 2.24) is 5.32 Å². The van der Waals surface area contributed by atoms with Crippen LogP contribution in [0.3, 0.4) is 0 Å². The van der Waals surface area contributed by atoms with Crippen molar-refractivity contribution in [2.45, 2.75) is 31.2 Å². The minimum absolute atomic E-state index is 0.0321. The predicted octanol–water partition coefficient (Wildman–Crippen LogP) is 6.68. The minimum atomic E-state index is -0.425. The second-order valence-corrected chi connectivity index (χ2v) is 11.2. The van der Waals surface area contributed by atoms with Crippen LogP contribution in [0.1, 0.15) is 45.8 Å². The van der Waals surface area contributed by atoms with Crippen LogP contribution in [0, 0.1) is 0 Å². The van der Waals surface area contributed by atoms with Gasteiger partial charge in [-0.15, -0.1) is 0 Å². The topological polar surface area (TPSA) is 89.5 Å². The van der Waals surface area contributed by atoms with Crippen LogP contribution >= 0.6 is 0 Å². The number of amides is 2. The van der Waals surface area contributed by atoms with E-state index in [0.717, 1.165) is 17.7 Å². The first-order valence-electron chi connectivity index (χ1n) is 15.0. The van der Waals surface area contributed by atoms with Gasteiger partial charge in [0.1, 0.15) is 6.61 Å². The lowest BCUT2D eigenvalue weighted by Gasteiger charge is -2.22. The minimum Gasteiger partial charge on any atom is -0.493 e. The maximum Gasteiger partial charge on any atom is 0.407 e. The van der Waals surface area contributed by atoms with Crippen LogP contribution < -0.4 is 19.7 Å². The molecule has 2 heterocycles. The Balaban J connectivity index is 0.903. The molecular formula is C36H33N3O5. The van der Waals surface area contributed by atoms with E-state index in [0.29, 0.717) is 48.7 Å². The Bertz CT molecular complexity index is 1720. The van der Waals surface area contributed by atoms with Gasteiger partial charge in [0.15, 0.2) is 11.5 Å². The quantitative estimate of drug-likeness (QED) is 0.221.